The number of halogens is 3. The zero-order chi connectivity index (χ0) is 20.5. The van der Waals surface area contributed by atoms with E-state index in [0.717, 1.165) is 10.4 Å². The van der Waals surface area contributed by atoms with Gasteiger partial charge in [0.15, 0.2) is 0 Å². The number of carbonyl (C=O) groups excluding carboxylic acids is 1. The molecule has 0 bridgehead atoms. The molecule has 1 amide bonds. The smallest absolute Gasteiger partial charge is 0.326 e. The first-order chi connectivity index (χ1) is 13.1. The summed E-state index contributed by atoms with van der Waals surface area (Å²) in [7, 11) is 0. The van der Waals surface area contributed by atoms with Gasteiger partial charge in [-0.05, 0) is 39.0 Å². The maximum atomic E-state index is 12.6. The second kappa shape index (κ2) is 7.45. The number of alkyl halides is 3. The largest absolute Gasteiger partial charge is 0.408 e. The molecule has 1 N–H and O–H groups in total. The number of amides is 1. The highest BCUT2D eigenvalue weighted by Gasteiger charge is 2.30. The van der Waals surface area contributed by atoms with Crippen molar-refractivity contribution in [1.29, 1.82) is 0 Å². The van der Waals surface area contributed by atoms with Crippen LogP contribution in [0.5, 0.6) is 0 Å². The van der Waals surface area contributed by atoms with Gasteiger partial charge in [0.1, 0.15) is 18.7 Å². The number of hydrogen-bond donors (Lipinski definition) is 1. The molecule has 10 heteroatoms. The van der Waals surface area contributed by atoms with E-state index in [4.69, 9.17) is 0 Å². The first-order valence-electron chi connectivity index (χ1n) is 8.50. The van der Waals surface area contributed by atoms with Crippen LogP contribution in [0.4, 0.5) is 18.9 Å². The maximum absolute atomic E-state index is 12.6. The standard InChI is InChI=1S/C18H19F3N6O/c1-11-16(12(2)27(25-11)9-18(19,20)21)8-17(28)23-14-5-4-6-15(7-14)26-10-22-24-13(26)3/h4-7,10H,8-9H2,1-3H3,(H,23,28). The zero-order valence-electron chi connectivity index (χ0n) is 15.6. The lowest BCUT2D eigenvalue weighted by Crippen LogP contribution is -2.20. The first-order valence-corrected chi connectivity index (χ1v) is 8.50. The molecular weight excluding hydrogens is 373 g/mol. The van der Waals surface area contributed by atoms with Crippen molar-refractivity contribution in [2.45, 2.75) is 39.9 Å². The third kappa shape index (κ3) is 4.38. The van der Waals surface area contributed by atoms with Gasteiger partial charge in [-0.1, -0.05) is 6.07 Å². The van der Waals surface area contributed by atoms with Gasteiger partial charge in [0.05, 0.1) is 17.8 Å². The highest BCUT2D eigenvalue weighted by Crippen LogP contribution is 2.22. The van der Waals surface area contributed by atoms with Gasteiger partial charge in [-0.25, -0.2) is 0 Å². The van der Waals surface area contributed by atoms with Crippen LogP contribution in [0.2, 0.25) is 0 Å². The van der Waals surface area contributed by atoms with Gasteiger partial charge < -0.3 is 5.32 Å². The van der Waals surface area contributed by atoms with E-state index >= 15 is 0 Å². The Kier molecular flexibility index (Phi) is 5.21. The molecule has 2 heterocycles. The Balaban J connectivity index is 1.74. The molecule has 0 saturated carbocycles. The molecule has 3 aromatic rings. The third-order valence-electron chi connectivity index (χ3n) is 4.32. The van der Waals surface area contributed by atoms with Crippen molar-refractivity contribution in [3.63, 3.8) is 0 Å². The van der Waals surface area contributed by atoms with E-state index < -0.39 is 12.7 Å². The Morgan fingerprint density at radius 3 is 2.61 bits per heavy atom. The fraction of sp³-hybridized carbons (Fsp3) is 0.333. The van der Waals surface area contributed by atoms with Crippen molar-refractivity contribution >= 4 is 11.6 Å². The van der Waals surface area contributed by atoms with E-state index in [1.165, 1.54) is 6.92 Å². The van der Waals surface area contributed by atoms with E-state index in [-0.39, 0.29) is 12.3 Å². The van der Waals surface area contributed by atoms with Crippen LogP contribution in [0.15, 0.2) is 30.6 Å². The quantitative estimate of drug-likeness (QED) is 0.724. The number of hydrogen-bond acceptors (Lipinski definition) is 4. The minimum absolute atomic E-state index is 0.0641. The van der Waals surface area contributed by atoms with E-state index in [1.807, 2.05) is 13.0 Å². The monoisotopic (exact) mass is 392 g/mol. The van der Waals surface area contributed by atoms with Crippen LogP contribution in [0, 0.1) is 20.8 Å². The predicted octanol–water partition coefficient (Wildman–Crippen LogP) is 3.13. The molecule has 1 aromatic carbocycles. The molecule has 2 aromatic heterocycles. The van der Waals surface area contributed by atoms with E-state index in [2.05, 4.69) is 20.6 Å². The molecule has 0 aliphatic carbocycles. The topological polar surface area (TPSA) is 77.6 Å². The van der Waals surface area contributed by atoms with E-state index in [1.54, 1.807) is 36.0 Å². The van der Waals surface area contributed by atoms with Crippen molar-refractivity contribution in [3.05, 3.63) is 53.4 Å². The van der Waals surface area contributed by atoms with Gasteiger partial charge in [0.2, 0.25) is 5.91 Å². The summed E-state index contributed by atoms with van der Waals surface area (Å²) in [5, 5.41) is 14.4. The van der Waals surface area contributed by atoms with Crippen molar-refractivity contribution in [2.75, 3.05) is 5.32 Å². The number of carbonyl (C=O) groups is 1. The lowest BCUT2D eigenvalue weighted by atomic mass is 10.1. The molecule has 0 fully saturated rings. The number of rotatable bonds is 5. The van der Waals surface area contributed by atoms with Gasteiger partial charge in [0.25, 0.3) is 0 Å². The highest BCUT2D eigenvalue weighted by molar-refractivity contribution is 5.92. The van der Waals surface area contributed by atoms with Crippen LogP contribution in [-0.2, 0) is 17.8 Å². The molecule has 0 aliphatic rings. The molecule has 3 rings (SSSR count). The summed E-state index contributed by atoms with van der Waals surface area (Å²) < 4.78 is 40.6. The molecule has 0 atom stereocenters. The Bertz CT molecular complexity index is 1010. The van der Waals surface area contributed by atoms with Gasteiger partial charge >= 0.3 is 6.18 Å². The third-order valence-corrected chi connectivity index (χ3v) is 4.32. The van der Waals surface area contributed by atoms with Crippen molar-refractivity contribution < 1.29 is 18.0 Å². The van der Waals surface area contributed by atoms with Crippen LogP contribution in [0.3, 0.4) is 0 Å². The Morgan fingerprint density at radius 2 is 1.96 bits per heavy atom. The summed E-state index contributed by atoms with van der Waals surface area (Å²) in [5.41, 5.74) is 2.58. The molecule has 7 nitrogen and oxygen atoms in total. The van der Waals surface area contributed by atoms with Crippen LogP contribution in [0.25, 0.3) is 5.69 Å². The minimum atomic E-state index is -4.37. The number of aryl methyl sites for hydroxylation is 2. The van der Waals surface area contributed by atoms with Crippen molar-refractivity contribution in [2.24, 2.45) is 0 Å². The number of nitrogens with zero attached hydrogens (tertiary/aromatic N) is 5. The molecule has 148 valence electrons. The molecule has 0 spiro atoms. The number of nitrogens with one attached hydrogen (secondary N) is 1. The van der Waals surface area contributed by atoms with Gasteiger partial charge in [-0.2, -0.15) is 18.3 Å². The fourth-order valence-corrected chi connectivity index (χ4v) is 2.96. The first kappa shape index (κ1) is 19.6. The van der Waals surface area contributed by atoms with E-state index in [0.29, 0.717) is 28.5 Å². The van der Waals surface area contributed by atoms with Gasteiger partial charge in [0, 0.05) is 16.9 Å². The number of aromatic nitrogens is 5. The number of benzene rings is 1. The molecule has 0 saturated heterocycles. The van der Waals surface area contributed by atoms with Crippen LogP contribution < -0.4 is 5.32 Å². The summed E-state index contributed by atoms with van der Waals surface area (Å²) >= 11 is 0. The fourth-order valence-electron chi connectivity index (χ4n) is 2.96. The van der Waals surface area contributed by atoms with Crippen LogP contribution >= 0.6 is 0 Å². The predicted molar refractivity (Wildman–Crippen MR) is 96.2 cm³/mol. The highest BCUT2D eigenvalue weighted by atomic mass is 19.4. The normalized spacial score (nSPS) is 11.6. The summed E-state index contributed by atoms with van der Waals surface area (Å²) in [6, 6.07) is 7.12. The zero-order valence-corrected chi connectivity index (χ0v) is 15.6. The second-order valence-corrected chi connectivity index (χ2v) is 6.45. The molecular formula is C18H19F3N6O. The van der Waals surface area contributed by atoms with Crippen molar-refractivity contribution in [1.82, 2.24) is 24.5 Å². The Labute approximate surface area is 159 Å². The average Bonchev–Trinajstić information content (AvgIpc) is 3.12. The SMILES string of the molecule is Cc1nn(CC(F)(F)F)c(C)c1CC(=O)Nc1cccc(-n2cnnc2C)c1. The summed E-state index contributed by atoms with van der Waals surface area (Å²) in [6.07, 6.45) is -2.87. The van der Waals surface area contributed by atoms with E-state index in [9.17, 15) is 18.0 Å². The lowest BCUT2D eigenvalue weighted by molar-refractivity contribution is -0.142. The molecule has 0 radical (unpaired) electrons. The van der Waals surface area contributed by atoms with Gasteiger partial charge in [-0.3, -0.25) is 14.0 Å². The lowest BCUT2D eigenvalue weighted by Gasteiger charge is -2.10. The summed E-state index contributed by atoms with van der Waals surface area (Å²) in [6.45, 7) is 3.76. The molecule has 0 unspecified atom stereocenters. The van der Waals surface area contributed by atoms with Crippen LogP contribution in [0.1, 0.15) is 22.8 Å². The Morgan fingerprint density at radius 1 is 1.21 bits per heavy atom. The number of anilines is 1. The second-order valence-electron chi connectivity index (χ2n) is 6.45. The Hall–Kier alpha value is -3.17. The summed E-state index contributed by atoms with van der Waals surface area (Å²) in [4.78, 5) is 12.4. The summed E-state index contributed by atoms with van der Waals surface area (Å²) in [5.74, 6) is 0.363. The van der Waals surface area contributed by atoms with Crippen LogP contribution in [-0.4, -0.2) is 36.6 Å². The van der Waals surface area contributed by atoms with Crippen molar-refractivity contribution in [3.8, 4) is 5.69 Å². The van der Waals surface area contributed by atoms with Gasteiger partial charge in [-0.15, -0.1) is 10.2 Å². The molecule has 0 aliphatic heterocycles. The molecule has 28 heavy (non-hydrogen) atoms. The minimum Gasteiger partial charge on any atom is -0.326 e. The average molecular weight is 392 g/mol. The maximum Gasteiger partial charge on any atom is 0.408 e.